The van der Waals surface area contributed by atoms with Gasteiger partial charge in [0, 0.05) is 23.6 Å². The Labute approximate surface area is 160 Å². The fourth-order valence-electron chi connectivity index (χ4n) is 2.89. The number of fused-ring (bicyclic) bond motifs is 1. The average Bonchev–Trinajstić information content (AvgIpc) is 3.15. The summed E-state index contributed by atoms with van der Waals surface area (Å²) in [4.78, 5) is 30.5. The molecule has 0 aliphatic carbocycles. The van der Waals surface area contributed by atoms with Gasteiger partial charge < -0.3 is 9.64 Å². The van der Waals surface area contributed by atoms with E-state index in [1.807, 2.05) is 41.8 Å². The van der Waals surface area contributed by atoms with Crippen LogP contribution in [0, 0.1) is 0 Å². The van der Waals surface area contributed by atoms with Gasteiger partial charge in [0.15, 0.2) is 11.2 Å². The number of carbonyl (C=O) groups is 2. The van der Waals surface area contributed by atoms with Crippen LogP contribution in [-0.4, -0.2) is 29.9 Å². The lowest BCUT2D eigenvalue weighted by molar-refractivity contribution is -0.125. The Morgan fingerprint density at radius 3 is 2.78 bits per heavy atom. The number of thiazole rings is 1. The van der Waals surface area contributed by atoms with Gasteiger partial charge in [-0.2, -0.15) is 0 Å². The third-order valence-electron chi connectivity index (χ3n) is 4.36. The molecule has 1 unspecified atom stereocenters. The zero-order chi connectivity index (χ0) is 19.0. The topological polar surface area (TPSA) is 71.5 Å². The highest BCUT2D eigenvalue weighted by molar-refractivity contribution is 7.14. The van der Waals surface area contributed by atoms with Gasteiger partial charge in [0.25, 0.3) is 11.8 Å². The van der Waals surface area contributed by atoms with Gasteiger partial charge >= 0.3 is 0 Å². The molecular formula is C20H17N3O3S. The number of carbonyl (C=O) groups excluding carboxylic acids is 2. The largest absolute Gasteiger partial charge is 0.479 e. The Bertz CT molecular complexity index is 1020. The van der Waals surface area contributed by atoms with Gasteiger partial charge in [-0.1, -0.05) is 18.2 Å². The van der Waals surface area contributed by atoms with E-state index in [0.29, 0.717) is 22.1 Å². The minimum Gasteiger partial charge on any atom is -0.479 e. The van der Waals surface area contributed by atoms with E-state index in [9.17, 15) is 9.59 Å². The molecular weight excluding hydrogens is 362 g/mol. The molecule has 0 saturated heterocycles. The zero-order valence-corrected chi connectivity index (χ0v) is 15.6. The minimum absolute atomic E-state index is 0.0891. The van der Waals surface area contributed by atoms with E-state index in [1.165, 1.54) is 11.3 Å². The maximum atomic E-state index is 12.3. The van der Waals surface area contributed by atoms with E-state index in [4.69, 9.17) is 4.74 Å². The van der Waals surface area contributed by atoms with Crippen molar-refractivity contribution in [3.8, 4) is 17.0 Å². The van der Waals surface area contributed by atoms with E-state index in [1.54, 1.807) is 31.0 Å². The smallest absolute Gasteiger partial charge is 0.267 e. The second-order valence-corrected chi connectivity index (χ2v) is 7.06. The van der Waals surface area contributed by atoms with Crippen molar-refractivity contribution in [1.82, 2.24) is 4.98 Å². The summed E-state index contributed by atoms with van der Waals surface area (Å²) in [5.41, 5.74) is 2.86. The quantitative estimate of drug-likeness (QED) is 0.751. The number of amides is 2. The molecule has 1 aliphatic rings. The minimum atomic E-state index is -0.493. The lowest BCUT2D eigenvalue weighted by Gasteiger charge is -2.30. The molecule has 0 spiro atoms. The molecule has 0 radical (unpaired) electrons. The van der Waals surface area contributed by atoms with Crippen LogP contribution in [0.3, 0.4) is 0 Å². The second-order valence-electron chi connectivity index (χ2n) is 6.20. The van der Waals surface area contributed by atoms with Crippen molar-refractivity contribution in [2.24, 2.45) is 0 Å². The molecule has 0 fully saturated rings. The number of nitrogens with zero attached hydrogens (tertiary/aromatic N) is 2. The number of rotatable bonds is 3. The predicted octanol–water partition coefficient (Wildman–Crippen LogP) is 3.81. The summed E-state index contributed by atoms with van der Waals surface area (Å²) in [6.07, 6.45) is -0.493. The highest BCUT2D eigenvalue weighted by Crippen LogP contribution is 2.37. The standard InChI is InChI=1S/C20H17N3O3S/c1-12-19(25)23(2)16-10-14(8-9-17(16)26-12)15-11-27-20(21-15)22-18(24)13-6-4-3-5-7-13/h3-12H,1-2H3,(H,21,22,24). The monoisotopic (exact) mass is 379 g/mol. The lowest BCUT2D eigenvalue weighted by atomic mass is 10.1. The molecule has 136 valence electrons. The summed E-state index contributed by atoms with van der Waals surface area (Å²) in [5, 5.41) is 5.20. The second kappa shape index (κ2) is 6.85. The molecule has 7 heteroatoms. The van der Waals surface area contributed by atoms with Gasteiger partial charge in [-0.25, -0.2) is 4.98 Å². The van der Waals surface area contributed by atoms with Crippen LogP contribution in [0.25, 0.3) is 11.3 Å². The van der Waals surface area contributed by atoms with Gasteiger partial charge in [-0.05, 0) is 37.3 Å². The Kier molecular flexibility index (Phi) is 4.37. The fourth-order valence-corrected chi connectivity index (χ4v) is 3.61. The predicted molar refractivity (Wildman–Crippen MR) is 105 cm³/mol. The van der Waals surface area contributed by atoms with Crippen LogP contribution in [0.2, 0.25) is 0 Å². The van der Waals surface area contributed by atoms with E-state index >= 15 is 0 Å². The first-order valence-electron chi connectivity index (χ1n) is 8.43. The first-order valence-corrected chi connectivity index (χ1v) is 9.31. The molecule has 3 aromatic rings. The molecule has 1 aromatic heterocycles. The van der Waals surface area contributed by atoms with E-state index in [0.717, 1.165) is 11.3 Å². The van der Waals surface area contributed by atoms with Crippen molar-refractivity contribution in [3.63, 3.8) is 0 Å². The fraction of sp³-hybridized carbons (Fsp3) is 0.150. The van der Waals surface area contributed by atoms with Crippen molar-refractivity contribution in [2.75, 3.05) is 17.3 Å². The maximum absolute atomic E-state index is 12.3. The number of aromatic nitrogens is 1. The van der Waals surface area contributed by atoms with Crippen molar-refractivity contribution in [2.45, 2.75) is 13.0 Å². The Hall–Kier alpha value is -3.19. The number of anilines is 2. The first kappa shape index (κ1) is 17.2. The Balaban J connectivity index is 1.57. The van der Waals surface area contributed by atoms with Crippen LogP contribution in [0.15, 0.2) is 53.9 Å². The van der Waals surface area contributed by atoms with Crippen molar-refractivity contribution >= 4 is 34.0 Å². The normalized spacial score (nSPS) is 15.9. The number of hydrogen-bond donors (Lipinski definition) is 1. The van der Waals surface area contributed by atoms with Gasteiger partial charge in [0.1, 0.15) is 5.75 Å². The van der Waals surface area contributed by atoms with Crippen molar-refractivity contribution < 1.29 is 14.3 Å². The number of nitrogens with one attached hydrogen (secondary N) is 1. The molecule has 1 atom stereocenters. The molecule has 2 amide bonds. The number of ether oxygens (including phenoxy) is 1. The zero-order valence-electron chi connectivity index (χ0n) is 14.8. The summed E-state index contributed by atoms with van der Waals surface area (Å²) in [6.45, 7) is 1.73. The number of likely N-dealkylation sites (N-methyl/N-ethyl adjacent to an activating group) is 1. The molecule has 0 saturated carbocycles. The Morgan fingerprint density at radius 1 is 1.22 bits per heavy atom. The van der Waals surface area contributed by atoms with E-state index < -0.39 is 6.10 Å². The Morgan fingerprint density at radius 2 is 2.00 bits per heavy atom. The first-order chi connectivity index (χ1) is 13.0. The van der Waals surface area contributed by atoms with Gasteiger partial charge in [-0.3, -0.25) is 14.9 Å². The summed E-state index contributed by atoms with van der Waals surface area (Å²) < 4.78 is 5.65. The van der Waals surface area contributed by atoms with Crippen LogP contribution in [0.4, 0.5) is 10.8 Å². The number of benzene rings is 2. The van der Waals surface area contributed by atoms with E-state index in [-0.39, 0.29) is 11.8 Å². The van der Waals surface area contributed by atoms with E-state index in [2.05, 4.69) is 10.3 Å². The van der Waals surface area contributed by atoms with Crippen LogP contribution in [0.5, 0.6) is 5.75 Å². The molecule has 2 aromatic carbocycles. The molecule has 1 aliphatic heterocycles. The highest BCUT2D eigenvalue weighted by Gasteiger charge is 2.29. The van der Waals surface area contributed by atoms with Gasteiger partial charge in [0.2, 0.25) is 0 Å². The third-order valence-corrected chi connectivity index (χ3v) is 5.12. The van der Waals surface area contributed by atoms with Crippen LogP contribution in [0.1, 0.15) is 17.3 Å². The lowest BCUT2D eigenvalue weighted by Crippen LogP contribution is -2.41. The average molecular weight is 379 g/mol. The van der Waals surface area contributed by atoms with Crippen LogP contribution < -0.4 is 15.0 Å². The summed E-state index contributed by atoms with van der Waals surface area (Å²) >= 11 is 1.35. The molecule has 0 bridgehead atoms. The summed E-state index contributed by atoms with van der Waals surface area (Å²) in [7, 11) is 1.73. The third kappa shape index (κ3) is 3.29. The summed E-state index contributed by atoms with van der Waals surface area (Å²) in [5.74, 6) is 0.379. The van der Waals surface area contributed by atoms with Crippen LogP contribution >= 0.6 is 11.3 Å². The molecule has 2 heterocycles. The van der Waals surface area contributed by atoms with Gasteiger partial charge in [-0.15, -0.1) is 11.3 Å². The SMILES string of the molecule is CC1Oc2ccc(-c3csc(NC(=O)c4ccccc4)n3)cc2N(C)C1=O. The van der Waals surface area contributed by atoms with Crippen LogP contribution in [-0.2, 0) is 4.79 Å². The van der Waals surface area contributed by atoms with Crippen molar-refractivity contribution in [3.05, 3.63) is 59.5 Å². The maximum Gasteiger partial charge on any atom is 0.267 e. The molecule has 4 rings (SSSR count). The summed E-state index contributed by atoms with van der Waals surface area (Å²) in [6, 6.07) is 14.6. The van der Waals surface area contributed by atoms with Gasteiger partial charge in [0.05, 0.1) is 11.4 Å². The molecule has 1 N–H and O–H groups in total. The molecule has 6 nitrogen and oxygen atoms in total. The molecule has 27 heavy (non-hydrogen) atoms. The highest BCUT2D eigenvalue weighted by atomic mass is 32.1. The number of hydrogen-bond acceptors (Lipinski definition) is 5. The van der Waals surface area contributed by atoms with Crippen molar-refractivity contribution in [1.29, 1.82) is 0 Å².